The molecule has 3 rings (SSSR count). The number of hydrogen-bond acceptors (Lipinski definition) is 5. The van der Waals surface area contributed by atoms with Gasteiger partial charge in [-0.25, -0.2) is 9.97 Å². The van der Waals surface area contributed by atoms with Crippen LogP contribution in [0.25, 0.3) is 9.88 Å². The van der Waals surface area contributed by atoms with Crippen molar-refractivity contribution in [2.75, 3.05) is 0 Å². The summed E-state index contributed by atoms with van der Waals surface area (Å²) in [7, 11) is 0. The van der Waals surface area contributed by atoms with E-state index >= 15 is 0 Å². The van der Waals surface area contributed by atoms with Gasteiger partial charge in [-0.05, 0) is 16.9 Å². The summed E-state index contributed by atoms with van der Waals surface area (Å²) in [5.41, 5.74) is 0.398. The number of nitrogens with zero attached hydrogens (tertiary/aromatic N) is 3. The van der Waals surface area contributed by atoms with Gasteiger partial charge >= 0.3 is 0 Å². The summed E-state index contributed by atoms with van der Waals surface area (Å²) in [6, 6.07) is 3.98. The van der Waals surface area contributed by atoms with Gasteiger partial charge in [0.15, 0.2) is 0 Å². The first-order valence-corrected chi connectivity index (χ1v) is 9.45. The van der Waals surface area contributed by atoms with Gasteiger partial charge in [0.05, 0.1) is 17.2 Å². The van der Waals surface area contributed by atoms with Crippen molar-refractivity contribution in [2.45, 2.75) is 33.4 Å². The first-order valence-electron chi connectivity index (χ1n) is 7.69. The summed E-state index contributed by atoms with van der Waals surface area (Å²) in [6.45, 7) is 7.03. The molecule has 24 heavy (non-hydrogen) atoms. The van der Waals surface area contributed by atoms with E-state index in [0.717, 1.165) is 9.88 Å². The van der Waals surface area contributed by atoms with Gasteiger partial charge in [0, 0.05) is 24.3 Å². The Bertz CT molecular complexity index is 785. The second kappa shape index (κ2) is 6.86. The highest BCUT2D eigenvalue weighted by molar-refractivity contribution is 7.20. The minimum Gasteiger partial charge on any atom is -0.346 e. The lowest BCUT2D eigenvalue weighted by Gasteiger charge is -2.31. The van der Waals surface area contributed by atoms with Crippen LogP contribution in [0.3, 0.4) is 0 Å². The molecule has 1 amide bonds. The number of amides is 1. The number of imidazole rings is 1. The van der Waals surface area contributed by atoms with Crippen LogP contribution in [-0.2, 0) is 6.54 Å². The number of aromatic nitrogens is 3. The van der Waals surface area contributed by atoms with Crippen molar-refractivity contribution < 1.29 is 4.79 Å². The Morgan fingerprint density at radius 2 is 2.21 bits per heavy atom. The van der Waals surface area contributed by atoms with Crippen molar-refractivity contribution in [3.05, 3.63) is 47.3 Å². The molecule has 0 bridgehead atoms. The van der Waals surface area contributed by atoms with Gasteiger partial charge in [-0.15, -0.1) is 22.7 Å². The lowest BCUT2D eigenvalue weighted by molar-refractivity contribution is 0.0888. The minimum atomic E-state index is -0.130. The molecular formula is C17H20N4OS2. The van der Waals surface area contributed by atoms with Crippen LogP contribution in [0.1, 0.15) is 31.3 Å². The second-order valence-corrected chi connectivity index (χ2v) is 8.47. The third-order valence-electron chi connectivity index (χ3n) is 3.77. The zero-order valence-corrected chi connectivity index (χ0v) is 15.5. The van der Waals surface area contributed by atoms with Crippen molar-refractivity contribution in [2.24, 2.45) is 5.41 Å². The molecule has 0 saturated heterocycles. The minimum absolute atomic E-state index is 0.0221. The molecule has 7 heteroatoms. The molecule has 1 unspecified atom stereocenters. The molecule has 0 saturated carbocycles. The predicted molar refractivity (Wildman–Crippen MR) is 98.4 cm³/mol. The summed E-state index contributed by atoms with van der Waals surface area (Å²) in [4.78, 5) is 22.3. The summed E-state index contributed by atoms with van der Waals surface area (Å²) >= 11 is 3.13. The average Bonchev–Trinajstić information content (AvgIpc) is 3.26. The largest absolute Gasteiger partial charge is 0.346 e. The monoisotopic (exact) mass is 360 g/mol. The molecule has 3 aromatic heterocycles. The van der Waals surface area contributed by atoms with Crippen LogP contribution >= 0.6 is 22.7 Å². The van der Waals surface area contributed by atoms with Crippen molar-refractivity contribution in [3.8, 4) is 9.88 Å². The molecule has 1 N–H and O–H groups in total. The van der Waals surface area contributed by atoms with E-state index in [2.05, 4.69) is 36.1 Å². The molecule has 0 spiro atoms. The Hall–Kier alpha value is -1.99. The van der Waals surface area contributed by atoms with E-state index in [4.69, 9.17) is 0 Å². The van der Waals surface area contributed by atoms with Gasteiger partial charge in [-0.3, -0.25) is 4.79 Å². The highest BCUT2D eigenvalue weighted by Crippen LogP contribution is 2.28. The Balaban J connectivity index is 1.73. The van der Waals surface area contributed by atoms with Crippen molar-refractivity contribution in [1.29, 1.82) is 0 Å². The van der Waals surface area contributed by atoms with E-state index in [1.54, 1.807) is 23.9 Å². The van der Waals surface area contributed by atoms with Crippen LogP contribution in [0, 0.1) is 5.41 Å². The first kappa shape index (κ1) is 16.9. The van der Waals surface area contributed by atoms with Gasteiger partial charge in [-0.2, -0.15) is 0 Å². The standard InChI is InChI=1S/C17H20N4OS2/c1-17(2,3)14(9-21-7-6-18-11-21)20-15(22)12-10-24-16(19-12)13-5-4-8-23-13/h4-8,10-11,14H,9H2,1-3H3,(H,20,22). The summed E-state index contributed by atoms with van der Waals surface area (Å²) in [5, 5.41) is 7.85. The van der Waals surface area contributed by atoms with Gasteiger partial charge in [0.25, 0.3) is 5.91 Å². The van der Waals surface area contributed by atoms with Crippen molar-refractivity contribution in [1.82, 2.24) is 19.9 Å². The second-order valence-electron chi connectivity index (χ2n) is 6.67. The third-order valence-corrected chi connectivity index (χ3v) is 5.65. The SMILES string of the molecule is CC(C)(C)C(Cn1ccnc1)NC(=O)c1csc(-c2cccs2)n1. The molecular weight excluding hydrogens is 340 g/mol. The maximum absolute atomic E-state index is 12.6. The molecule has 1 atom stereocenters. The van der Waals surface area contributed by atoms with Gasteiger partial charge in [0.2, 0.25) is 0 Å². The van der Waals surface area contributed by atoms with Gasteiger partial charge < -0.3 is 9.88 Å². The van der Waals surface area contributed by atoms with Crippen LogP contribution < -0.4 is 5.32 Å². The van der Waals surface area contributed by atoms with Crippen molar-refractivity contribution >= 4 is 28.6 Å². The van der Waals surface area contributed by atoms with E-state index in [9.17, 15) is 4.79 Å². The third kappa shape index (κ3) is 3.91. The fourth-order valence-corrected chi connectivity index (χ4v) is 3.88. The summed E-state index contributed by atoms with van der Waals surface area (Å²) in [6.07, 6.45) is 5.42. The fraction of sp³-hybridized carbons (Fsp3) is 0.353. The quantitative estimate of drug-likeness (QED) is 0.750. The molecule has 0 aliphatic rings. The Morgan fingerprint density at radius 3 is 2.83 bits per heavy atom. The molecule has 3 aromatic rings. The molecule has 0 fully saturated rings. The highest BCUT2D eigenvalue weighted by Gasteiger charge is 2.27. The fourth-order valence-electron chi connectivity index (χ4n) is 2.27. The predicted octanol–water partition coefficient (Wildman–Crippen LogP) is 3.91. The summed E-state index contributed by atoms with van der Waals surface area (Å²) < 4.78 is 1.98. The van der Waals surface area contributed by atoms with E-state index in [1.807, 2.05) is 33.7 Å². The number of carbonyl (C=O) groups excluding carboxylic acids is 1. The molecule has 0 radical (unpaired) electrons. The molecule has 3 heterocycles. The maximum atomic E-state index is 12.6. The number of rotatable bonds is 5. The maximum Gasteiger partial charge on any atom is 0.271 e. The van der Waals surface area contributed by atoms with Crippen LogP contribution in [0.15, 0.2) is 41.6 Å². The van der Waals surface area contributed by atoms with E-state index < -0.39 is 0 Å². The first-order chi connectivity index (χ1) is 11.4. The van der Waals surface area contributed by atoms with Gasteiger partial charge in [0.1, 0.15) is 10.7 Å². The molecule has 0 aliphatic carbocycles. The van der Waals surface area contributed by atoms with E-state index in [1.165, 1.54) is 11.3 Å². The lowest BCUT2D eigenvalue weighted by Crippen LogP contribution is -2.46. The lowest BCUT2D eigenvalue weighted by atomic mass is 9.86. The van der Waals surface area contributed by atoms with Crippen LogP contribution in [-0.4, -0.2) is 26.5 Å². The van der Waals surface area contributed by atoms with E-state index in [-0.39, 0.29) is 17.4 Å². The van der Waals surface area contributed by atoms with Crippen LogP contribution in [0.5, 0.6) is 0 Å². The zero-order valence-electron chi connectivity index (χ0n) is 13.9. The molecule has 0 aliphatic heterocycles. The number of carbonyl (C=O) groups is 1. The molecule has 126 valence electrons. The van der Waals surface area contributed by atoms with Crippen LogP contribution in [0.2, 0.25) is 0 Å². The number of nitrogens with one attached hydrogen (secondary N) is 1. The van der Waals surface area contributed by atoms with Crippen LogP contribution in [0.4, 0.5) is 0 Å². The number of hydrogen-bond donors (Lipinski definition) is 1. The van der Waals surface area contributed by atoms with Gasteiger partial charge in [-0.1, -0.05) is 26.8 Å². The van der Waals surface area contributed by atoms with E-state index in [0.29, 0.717) is 12.2 Å². The number of thiophene rings is 1. The Kier molecular flexibility index (Phi) is 4.82. The molecule has 5 nitrogen and oxygen atoms in total. The van der Waals surface area contributed by atoms with Crippen molar-refractivity contribution in [3.63, 3.8) is 0 Å². The topological polar surface area (TPSA) is 59.8 Å². The summed E-state index contributed by atoms with van der Waals surface area (Å²) in [5.74, 6) is -0.130. The normalized spacial score (nSPS) is 13.0. The molecule has 0 aromatic carbocycles. The Morgan fingerprint density at radius 1 is 1.38 bits per heavy atom. The average molecular weight is 361 g/mol. The highest BCUT2D eigenvalue weighted by atomic mass is 32.1. The Labute approximate surface area is 149 Å². The zero-order chi connectivity index (χ0) is 17.2. The number of thiazole rings is 1. The smallest absolute Gasteiger partial charge is 0.271 e.